The Balaban J connectivity index is 1.86. The highest BCUT2D eigenvalue weighted by Crippen LogP contribution is 2.36. The molecule has 2 aromatic carbocycles. The molecule has 4 rings (SSSR count). The van der Waals surface area contributed by atoms with Crippen molar-refractivity contribution in [2.75, 3.05) is 11.6 Å². The minimum Gasteiger partial charge on any atom is -0.473 e. The third-order valence-electron chi connectivity index (χ3n) is 4.86. The standard InChI is InChI=1S/C21H21NO3/c1-12-7-14(3)20(15(4)8-12)22-10-17-18(24-11-22)6-5-16-13(2)9-19(23)25-21(16)17/h5-9H,10-11H2,1-4H3. The summed E-state index contributed by atoms with van der Waals surface area (Å²) in [5.41, 5.74) is 7.06. The molecule has 0 unspecified atom stereocenters. The topological polar surface area (TPSA) is 42.7 Å². The monoisotopic (exact) mass is 335 g/mol. The van der Waals surface area contributed by atoms with Gasteiger partial charge in [-0.05, 0) is 56.5 Å². The fraction of sp³-hybridized carbons (Fsp3) is 0.286. The van der Waals surface area contributed by atoms with Crippen LogP contribution in [-0.2, 0) is 6.54 Å². The first kappa shape index (κ1) is 15.8. The average Bonchev–Trinajstić information content (AvgIpc) is 2.53. The largest absolute Gasteiger partial charge is 0.473 e. The summed E-state index contributed by atoms with van der Waals surface area (Å²) in [6.07, 6.45) is 0. The minimum absolute atomic E-state index is 0.321. The number of benzene rings is 2. The van der Waals surface area contributed by atoms with E-state index in [0.717, 1.165) is 22.3 Å². The molecule has 0 bridgehead atoms. The Kier molecular flexibility index (Phi) is 3.57. The maximum absolute atomic E-state index is 11.9. The van der Waals surface area contributed by atoms with Gasteiger partial charge in [0.1, 0.15) is 11.3 Å². The Morgan fingerprint density at radius 1 is 0.960 bits per heavy atom. The lowest BCUT2D eigenvalue weighted by Gasteiger charge is -2.33. The number of fused-ring (bicyclic) bond motifs is 3. The van der Waals surface area contributed by atoms with Gasteiger partial charge in [0.25, 0.3) is 0 Å². The molecule has 0 atom stereocenters. The van der Waals surface area contributed by atoms with Crippen LogP contribution in [0.1, 0.15) is 27.8 Å². The summed E-state index contributed by atoms with van der Waals surface area (Å²) in [7, 11) is 0. The van der Waals surface area contributed by atoms with Crippen LogP contribution >= 0.6 is 0 Å². The molecule has 25 heavy (non-hydrogen) atoms. The van der Waals surface area contributed by atoms with E-state index in [2.05, 4.69) is 37.8 Å². The van der Waals surface area contributed by atoms with Crippen molar-refractivity contribution in [3.05, 3.63) is 68.6 Å². The lowest BCUT2D eigenvalue weighted by Crippen LogP contribution is -2.33. The zero-order valence-electron chi connectivity index (χ0n) is 15.0. The molecular weight excluding hydrogens is 314 g/mol. The van der Waals surface area contributed by atoms with E-state index in [-0.39, 0.29) is 5.63 Å². The number of ether oxygens (including phenoxy) is 1. The molecule has 0 fully saturated rings. The normalized spacial score (nSPS) is 13.7. The van der Waals surface area contributed by atoms with Gasteiger partial charge in [-0.25, -0.2) is 4.79 Å². The van der Waals surface area contributed by atoms with Crippen molar-refractivity contribution in [3.63, 3.8) is 0 Å². The van der Waals surface area contributed by atoms with Gasteiger partial charge in [0, 0.05) is 17.1 Å². The smallest absolute Gasteiger partial charge is 0.336 e. The quantitative estimate of drug-likeness (QED) is 0.619. The van der Waals surface area contributed by atoms with Crippen LogP contribution in [-0.4, -0.2) is 6.73 Å². The first-order chi connectivity index (χ1) is 11.9. The SMILES string of the molecule is Cc1cc(C)c(N2COc3ccc4c(C)cc(=O)oc4c3C2)c(C)c1. The van der Waals surface area contributed by atoms with Crippen LogP contribution in [0, 0.1) is 27.7 Å². The first-order valence-electron chi connectivity index (χ1n) is 8.46. The van der Waals surface area contributed by atoms with Crippen molar-refractivity contribution in [3.8, 4) is 5.75 Å². The Morgan fingerprint density at radius 3 is 2.40 bits per heavy atom. The molecule has 128 valence electrons. The number of aryl methyl sites for hydroxylation is 4. The molecule has 0 spiro atoms. The number of hydrogen-bond donors (Lipinski definition) is 0. The summed E-state index contributed by atoms with van der Waals surface area (Å²) in [5.74, 6) is 0.792. The maximum atomic E-state index is 11.9. The van der Waals surface area contributed by atoms with E-state index in [1.807, 2.05) is 19.1 Å². The molecule has 0 aliphatic carbocycles. The van der Waals surface area contributed by atoms with Gasteiger partial charge in [0.05, 0.1) is 12.1 Å². The number of anilines is 1. The second-order valence-electron chi connectivity index (χ2n) is 6.89. The molecule has 4 nitrogen and oxygen atoms in total. The Bertz CT molecular complexity index is 1030. The van der Waals surface area contributed by atoms with Crippen LogP contribution in [0.15, 0.2) is 39.5 Å². The second-order valence-corrected chi connectivity index (χ2v) is 6.89. The van der Waals surface area contributed by atoms with E-state index in [4.69, 9.17) is 9.15 Å². The van der Waals surface area contributed by atoms with Crippen LogP contribution in [0.3, 0.4) is 0 Å². The second kappa shape index (κ2) is 5.66. The van der Waals surface area contributed by atoms with E-state index >= 15 is 0 Å². The Labute approximate surface area is 146 Å². The first-order valence-corrected chi connectivity index (χ1v) is 8.46. The van der Waals surface area contributed by atoms with Crippen LogP contribution < -0.4 is 15.3 Å². The highest BCUT2D eigenvalue weighted by atomic mass is 16.5. The van der Waals surface area contributed by atoms with Crippen LogP contribution in [0.4, 0.5) is 5.69 Å². The molecule has 2 heterocycles. The molecule has 0 N–H and O–H groups in total. The van der Waals surface area contributed by atoms with Gasteiger partial charge >= 0.3 is 5.63 Å². The van der Waals surface area contributed by atoms with Crippen molar-refractivity contribution in [2.45, 2.75) is 34.2 Å². The number of nitrogens with zero attached hydrogens (tertiary/aromatic N) is 1. The number of hydrogen-bond acceptors (Lipinski definition) is 4. The zero-order valence-corrected chi connectivity index (χ0v) is 15.0. The van der Waals surface area contributed by atoms with Gasteiger partial charge in [-0.2, -0.15) is 0 Å². The fourth-order valence-electron chi connectivity index (χ4n) is 3.91. The molecule has 4 heteroatoms. The summed E-state index contributed by atoms with van der Waals surface area (Å²) < 4.78 is 11.5. The number of rotatable bonds is 1. The zero-order chi connectivity index (χ0) is 17.7. The molecule has 1 aliphatic heterocycles. The molecule has 1 aromatic heterocycles. The summed E-state index contributed by atoms with van der Waals surface area (Å²) in [6.45, 7) is 9.43. The Morgan fingerprint density at radius 2 is 1.68 bits per heavy atom. The molecule has 3 aromatic rings. The van der Waals surface area contributed by atoms with E-state index in [1.165, 1.54) is 28.4 Å². The highest BCUT2D eigenvalue weighted by molar-refractivity contribution is 5.85. The Hall–Kier alpha value is -2.75. The van der Waals surface area contributed by atoms with Crippen LogP contribution in [0.2, 0.25) is 0 Å². The third kappa shape index (κ3) is 2.58. The van der Waals surface area contributed by atoms with Crippen LogP contribution in [0.25, 0.3) is 11.0 Å². The minimum atomic E-state index is -0.321. The van der Waals surface area contributed by atoms with Gasteiger partial charge in [-0.15, -0.1) is 0 Å². The summed E-state index contributed by atoms with van der Waals surface area (Å²) in [5, 5.41) is 0.959. The molecule has 0 radical (unpaired) electrons. The molecule has 0 saturated heterocycles. The van der Waals surface area contributed by atoms with E-state index in [0.29, 0.717) is 18.9 Å². The average molecular weight is 335 g/mol. The van der Waals surface area contributed by atoms with Gasteiger partial charge in [0.15, 0.2) is 6.73 Å². The molecular formula is C21H21NO3. The van der Waals surface area contributed by atoms with Gasteiger partial charge in [-0.3, -0.25) is 0 Å². The van der Waals surface area contributed by atoms with Gasteiger partial charge in [-0.1, -0.05) is 17.7 Å². The summed E-state index contributed by atoms with van der Waals surface area (Å²) in [6, 6.07) is 9.84. The van der Waals surface area contributed by atoms with E-state index in [9.17, 15) is 4.79 Å². The van der Waals surface area contributed by atoms with Crippen molar-refractivity contribution in [1.29, 1.82) is 0 Å². The van der Waals surface area contributed by atoms with Crippen molar-refractivity contribution in [1.82, 2.24) is 0 Å². The van der Waals surface area contributed by atoms with E-state index < -0.39 is 0 Å². The van der Waals surface area contributed by atoms with Gasteiger partial charge < -0.3 is 14.1 Å². The lowest BCUT2D eigenvalue weighted by molar-refractivity contribution is 0.288. The lowest BCUT2D eigenvalue weighted by atomic mass is 10.0. The predicted octanol–water partition coefficient (Wildman–Crippen LogP) is 4.38. The maximum Gasteiger partial charge on any atom is 0.336 e. The van der Waals surface area contributed by atoms with Crippen molar-refractivity contribution >= 4 is 16.7 Å². The summed E-state index contributed by atoms with van der Waals surface area (Å²) in [4.78, 5) is 14.1. The molecule has 0 saturated carbocycles. The van der Waals surface area contributed by atoms with Crippen LogP contribution in [0.5, 0.6) is 5.75 Å². The highest BCUT2D eigenvalue weighted by Gasteiger charge is 2.24. The van der Waals surface area contributed by atoms with Crippen molar-refractivity contribution in [2.24, 2.45) is 0 Å². The third-order valence-corrected chi connectivity index (χ3v) is 4.86. The summed E-state index contributed by atoms with van der Waals surface area (Å²) >= 11 is 0. The van der Waals surface area contributed by atoms with Crippen molar-refractivity contribution < 1.29 is 9.15 Å². The molecule has 1 aliphatic rings. The van der Waals surface area contributed by atoms with E-state index in [1.54, 1.807) is 0 Å². The van der Waals surface area contributed by atoms with Gasteiger partial charge in [0.2, 0.25) is 0 Å². The fourth-order valence-corrected chi connectivity index (χ4v) is 3.91. The molecule has 0 amide bonds. The predicted molar refractivity (Wildman–Crippen MR) is 99.6 cm³/mol.